The van der Waals surface area contributed by atoms with Gasteiger partial charge in [0.2, 0.25) is 0 Å². The van der Waals surface area contributed by atoms with Crippen molar-refractivity contribution in [3.05, 3.63) is 46.5 Å². The second-order valence-corrected chi connectivity index (χ2v) is 10.7. The van der Waals surface area contributed by atoms with Gasteiger partial charge in [0.15, 0.2) is 11.6 Å². The maximum atomic E-state index is 12.3. The molecule has 0 radical (unpaired) electrons. The lowest BCUT2D eigenvalue weighted by Crippen LogP contribution is -2.14. The summed E-state index contributed by atoms with van der Waals surface area (Å²) >= 11 is 1.60. The summed E-state index contributed by atoms with van der Waals surface area (Å²) in [5.74, 6) is 1.07. The van der Waals surface area contributed by atoms with Gasteiger partial charge in [-0.3, -0.25) is 14.4 Å². The van der Waals surface area contributed by atoms with Gasteiger partial charge in [0.1, 0.15) is 17.2 Å². The SMILES string of the molecule is CCCc1c(SCCCOc2ccc(C(C)=O)c(OCCCC(=O)OCC)c2CC(C)O)ccc(C(C)=O)c1O. The first kappa shape index (κ1) is 33.2. The van der Waals surface area contributed by atoms with Crippen LogP contribution in [0, 0.1) is 0 Å². The van der Waals surface area contributed by atoms with E-state index in [-0.39, 0.29) is 42.7 Å². The van der Waals surface area contributed by atoms with Gasteiger partial charge in [-0.15, -0.1) is 11.8 Å². The van der Waals surface area contributed by atoms with Gasteiger partial charge in [0.05, 0.1) is 37.1 Å². The molecule has 1 unspecified atom stereocenters. The van der Waals surface area contributed by atoms with E-state index in [1.54, 1.807) is 43.8 Å². The van der Waals surface area contributed by atoms with Gasteiger partial charge in [-0.05, 0) is 71.2 Å². The lowest BCUT2D eigenvalue weighted by atomic mass is 10.00. The normalized spacial score (nSPS) is 11.7. The molecule has 0 aliphatic carbocycles. The van der Waals surface area contributed by atoms with Gasteiger partial charge >= 0.3 is 5.97 Å². The van der Waals surface area contributed by atoms with E-state index < -0.39 is 6.10 Å². The number of ketones is 2. The van der Waals surface area contributed by atoms with E-state index in [0.717, 1.165) is 22.6 Å². The fourth-order valence-corrected chi connectivity index (χ4v) is 5.27. The topological polar surface area (TPSA) is 119 Å². The predicted octanol–water partition coefficient (Wildman–Crippen LogP) is 5.96. The number of ether oxygens (including phenoxy) is 3. The standard InChI is InChI=1S/C31H42O8S/c1-6-10-25-28(15-13-23(21(4)33)30(25)36)40-18-9-17-38-27-14-12-24(22(5)34)31(26(27)19-20(3)32)39-16-8-11-29(35)37-7-2/h12-15,20,32,36H,6-11,16-19H2,1-5H3. The van der Waals surface area contributed by atoms with E-state index >= 15 is 0 Å². The number of phenolic OH excluding ortho intramolecular Hbond substituents is 1. The van der Waals surface area contributed by atoms with Crippen molar-refractivity contribution in [3.8, 4) is 17.2 Å². The fourth-order valence-electron chi connectivity index (χ4n) is 4.25. The summed E-state index contributed by atoms with van der Waals surface area (Å²) in [6, 6.07) is 6.95. The average Bonchev–Trinajstić information content (AvgIpc) is 2.88. The molecule has 0 saturated heterocycles. The van der Waals surface area contributed by atoms with Crippen LogP contribution in [0.25, 0.3) is 0 Å². The van der Waals surface area contributed by atoms with E-state index in [4.69, 9.17) is 14.2 Å². The molecule has 0 heterocycles. The summed E-state index contributed by atoms with van der Waals surface area (Å²) < 4.78 is 17.0. The maximum Gasteiger partial charge on any atom is 0.305 e. The van der Waals surface area contributed by atoms with E-state index in [0.29, 0.717) is 60.7 Å². The van der Waals surface area contributed by atoms with Crippen LogP contribution < -0.4 is 9.47 Å². The first-order valence-electron chi connectivity index (χ1n) is 13.8. The molecule has 0 amide bonds. The van der Waals surface area contributed by atoms with Crippen LogP contribution in [0.2, 0.25) is 0 Å². The highest BCUT2D eigenvalue weighted by molar-refractivity contribution is 7.99. The molecule has 0 fully saturated rings. The number of rotatable bonds is 18. The van der Waals surface area contributed by atoms with Crippen molar-refractivity contribution in [3.63, 3.8) is 0 Å². The predicted molar refractivity (Wildman–Crippen MR) is 156 cm³/mol. The molecule has 2 N–H and O–H groups in total. The Labute approximate surface area is 241 Å². The molecule has 0 saturated carbocycles. The third-order valence-electron chi connectivity index (χ3n) is 6.10. The zero-order chi connectivity index (χ0) is 29.7. The van der Waals surface area contributed by atoms with Crippen molar-refractivity contribution < 1.29 is 38.8 Å². The summed E-state index contributed by atoms with van der Waals surface area (Å²) in [5, 5.41) is 20.8. The first-order chi connectivity index (χ1) is 19.1. The smallest absolute Gasteiger partial charge is 0.305 e. The van der Waals surface area contributed by atoms with Gasteiger partial charge in [-0.25, -0.2) is 0 Å². The largest absolute Gasteiger partial charge is 0.507 e. The summed E-state index contributed by atoms with van der Waals surface area (Å²) in [7, 11) is 0. The average molecular weight is 575 g/mol. The van der Waals surface area contributed by atoms with E-state index in [1.165, 1.54) is 13.8 Å². The summed E-state index contributed by atoms with van der Waals surface area (Å²) in [6.45, 7) is 9.26. The van der Waals surface area contributed by atoms with E-state index in [2.05, 4.69) is 0 Å². The van der Waals surface area contributed by atoms with E-state index in [9.17, 15) is 24.6 Å². The molecule has 40 heavy (non-hydrogen) atoms. The molecule has 0 bridgehead atoms. The van der Waals surface area contributed by atoms with Crippen LogP contribution in [0.1, 0.15) is 92.1 Å². The number of aliphatic hydroxyl groups is 1. The number of esters is 1. The summed E-state index contributed by atoms with van der Waals surface area (Å²) in [6.07, 6.45) is 2.41. The van der Waals surface area contributed by atoms with Crippen molar-refractivity contribution in [1.29, 1.82) is 0 Å². The Kier molecular flexibility index (Phi) is 14.0. The van der Waals surface area contributed by atoms with Crippen molar-refractivity contribution in [2.75, 3.05) is 25.6 Å². The van der Waals surface area contributed by atoms with Crippen LogP contribution in [0.4, 0.5) is 0 Å². The highest BCUT2D eigenvalue weighted by atomic mass is 32.2. The number of carbonyl (C=O) groups is 3. The molecule has 9 heteroatoms. The Balaban J connectivity index is 2.11. The molecule has 8 nitrogen and oxygen atoms in total. The van der Waals surface area contributed by atoms with Crippen molar-refractivity contribution in [2.24, 2.45) is 0 Å². The molecule has 1 atom stereocenters. The lowest BCUT2D eigenvalue weighted by molar-refractivity contribution is -0.143. The molecule has 0 aliphatic rings. The highest BCUT2D eigenvalue weighted by Crippen LogP contribution is 2.36. The summed E-state index contributed by atoms with van der Waals surface area (Å²) in [5.41, 5.74) is 2.15. The van der Waals surface area contributed by atoms with E-state index in [1.807, 2.05) is 13.0 Å². The molecule has 0 aliphatic heterocycles. The van der Waals surface area contributed by atoms with Gasteiger partial charge in [-0.2, -0.15) is 0 Å². The minimum atomic E-state index is -0.690. The Morgan fingerprint density at radius 2 is 1.60 bits per heavy atom. The third kappa shape index (κ3) is 9.86. The van der Waals surface area contributed by atoms with Gasteiger partial charge in [0, 0.05) is 34.6 Å². The molecule has 220 valence electrons. The lowest BCUT2D eigenvalue weighted by Gasteiger charge is -2.20. The van der Waals surface area contributed by atoms with Crippen molar-refractivity contribution in [1.82, 2.24) is 0 Å². The second kappa shape index (κ2) is 16.9. The third-order valence-corrected chi connectivity index (χ3v) is 7.28. The minimum absolute atomic E-state index is 0.0683. The number of phenols is 1. The number of hydrogen-bond donors (Lipinski definition) is 2. The zero-order valence-corrected chi connectivity index (χ0v) is 25.0. The molecule has 2 aromatic rings. The number of benzene rings is 2. The van der Waals surface area contributed by atoms with Crippen molar-refractivity contribution in [2.45, 2.75) is 84.1 Å². The summed E-state index contributed by atoms with van der Waals surface area (Å²) in [4.78, 5) is 36.8. The number of aromatic hydroxyl groups is 1. The van der Waals surface area contributed by atoms with Gasteiger partial charge in [-0.1, -0.05) is 13.3 Å². The molecule has 2 aromatic carbocycles. The fraction of sp³-hybridized carbons (Fsp3) is 0.516. The van der Waals surface area contributed by atoms with Crippen LogP contribution in [0.5, 0.6) is 17.2 Å². The van der Waals surface area contributed by atoms with Crippen LogP contribution in [0.15, 0.2) is 29.2 Å². The number of Topliss-reactive ketones (excluding diaryl/α,β-unsaturated/α-hetero) is 2. The maximum absolute atomic E-state index is 12.3. The Morgan fingerprint density at radius 1 is 0.925 bits per heavy atom. The Hall–Kier alpha value is -3.04. The number of hydrogen-bond acceptors (Lipinski definition) is 9. The minimum Gasteiger partial charge on any atom is -0.507 e. The number of aliphatic hydroxyl groups excluding tert-OH is 1. The molecular formula is C31H42O8S. The number of carbonyl (C=O) groups excluding carboxylic acids is 3. The molecular weight excluding hydrogens is 532 g/mol. The van der Waals surface area contributed by atoms with Gasteiger partial charge < -0.3 is 24.4 Å². The first-order valence-corrected chi connectivity index (χ1v) is 14.8. The molecule has 2 rings (SSSR count). The highest BCUT2D eigenvalue weighted by Gasteiger charge is 2.21. The molecule has 0 aromatic heterocycles. The van der Waals surface area contributed by atoms with Gasteiger partial charge in [0.25, 0.3) is 0 Å². The van der Waals surface area contributed by atoms with Crippen LogP contribution in [0.3, 0.4) is 0 Å². The Morgan fingerprint density at radius 3 is 2.23 bits per heavy atom. The van der Waals surface area contributed by atoms with Crippen LogP contribution >= 0.6 is 11.8 Å². The quantitative estimate of drug-likeness (QED) is 0.0962. The Bertz CT molecular complexity index is 1160. The molecule has 0 spiro atoms. The van der Waals surface area contributed by atoms with Crippen LogP contribution in [-0.4, -0.2) is 59.4 Å². The zero-order valence-electron chi connectivity index (χ0n) is 24.2. The monoisotopic (exact) mass is 574 g/mol. The van der Waals surface area contributed by atoms with Crippen LogP contribution in [-0.2, 0) is 22.4 Å². The second-order valence-electron chi connectivity index (χ2n) is 9.58. The number of thioether (sulfide) groups is 1. The van der Waals surface area contributed by atoms with Crippen molar-refractivity contribution >= 4 is 29.3 Å².